The number of nitrogens with one attached hydrogen (secondary N) is 1. The van der Waals surface area contributed by atoms with Gasteiger partial charge in [0.1, 0.15) is 0 Å². The van der Waals surface area contributed by atoms with Gasteiger partial charge in [0.2, 0.25) is 16.4 Å². The van der Waals surface area contributed by atoms with Crippen molar-refractivity contribution in [2.24, 2.45) is 0 Å². The lowest BCUT2D eigenvalue weighted by Gasteiger charge is -2.14. The lowest BCUT2D eigenvalue weighted by Crippen LogP contribution is -2.35. The largest absolute Gasteiger partial charge is 0.278 e. The van der Waals surface area contributed by atoms with E-state index in [4.69, 9.17) is 0 Å². The van der Waals surface area contributed by atoms with E-state index in [-0.39, 0.29) is 6.41 Å². The van der Waals surface area contributed by atoms with Crippen LogP contribution in [0.5, 0.6) is 0 Å². The molecule has 78 valence electrons. The third-order valence-electron chi connectivity index (χ3n) is 2.42. The average molecular weight is 215 g/mol. The SMILES string of the molecule is C=CC(=C)CC1(S(=O)(=O)NC=O)CC1. The molecule has 1 amide bonds. The topological polar surface area (TPSA) is 63.2 Å². The molecule has 0 radical (unpaired) electrons. The van der Waals surface area contributed by atoms with Crippen LogP contribution in [-0.4, -0.2) is 19.6 Å². The van der Waals surface area contributed by atoms with Crippen molar-refractivity contribution in [3.63, 3.8) is 0 Å². The predicted octanol–water partition coefficient (Wildman–Crippen LogP) is 0.727. The van der Waals surface area contributed by atoms with Crippen LogP contribution < -0.4 is 4.72 Å². The first-order valence-electron chi connectivity index (χ1n) is 4.23. The standard InChI is InChI=1S/C9H13NO3S/c1-3-8(2)6-9(4-5-9)14(12,13)10-7-11/h3,7H,1-2,4-6H2,(H,10,11). The van der Waals surface area contributed by atoms with Gasteiger partial charge in [-0.25, -0.2) is 8.42 Å². The molecule has 1 fully saturated rings. The Balaban J connectivity index is 2.81. The Labute approximate surface area is 83.7 Å². The Morgan fingerprint density at radius 1 is 1.50 bits per heavy atom. The molecule has 0 aromatic heterocycles. The lowest BCUT2D eigenvalue weighted by atomic mass is 10.1. The number of amides is 1. The van der Waals surface area contributed by atoms with Crippen molar-refractivity contribution in [2.75, 3.05) is 0 Å². The lowest BCUT2D eigenvalue weighted by molar-refractivity contribution is -0.108. The van der Waals surface area contributed by atoms with Gasteiger partial charge in [0.05, 0.1) is 4.75 Å². The summed E-state index contributed by atoms with van der Waals surface area (Å²) < 4.78 is 24.1. The number of rotatable bonds is 6. The first-order chi connectivity index (χ1) is 6.47. The van der Waals surface area contributed by atoms with Crippen LogP contribution >= 0.6 is 0 Å². The third kappa shape index (κ3) is 1.87. The molecule has 0 saturated heterocycles. The predicted molar refractivity (Wildman–Crippen MR) is 54.0 cm³/mol. The molecule has 0 aliphatic heterocycles. The number of allylic oxidation sites excluding steroid dienone is 2. The fraction of sp³-hybridized carbons (Fsp3) is 0.444. The van der Waals surface area contributed by atoms with Crippen molar-refractivity contribution in [1.29, 1.82) is 0 Å². The third-order valence-corrected chi connectivity index (χ3v) is 4.52. The van der Waals surface area contributed by atoms with Crippen molar-refractivity contribution in [2.45, 2.75) is 24.0 Å². The first-order valence-corrected chi connectivity index (χ1v) is 5.71. The minimum atomic E-state index is -3.53. The fourth-order valence-electron chi connectivity index (χ4n) is 1.35. The minimum Gasteiger partial charge on any atom is -0.278 e. The van der Waals surface area contributed by atoms with Crippen LogP contribution in [0.2, 0.25) is 0 Å². The molecule has 1 rings (SSSR count). The maximum Gasteiger partial charge on any atom is 0.240 e. The maximum absolute atomic E-state index is 11.5. The highest BCUT2D eigenvalue weighted by Gasteiger charge is 2.54. The van der Waals surface area contributed by atoms with Gasteiger partial charge in [-0.15, -0.1) is 0 Å². The normalized spacial score (nSPS) is 18.3. The van der Waals surface area contributed by atoms with Crippen molar-refractivity contribution >= 4 is 16.4 Å². The van der Waals surface area contributed by atoms with E-state index in [1.165, 1.54) is 6.08 Å². The van der Waals surface area contributed by atoms with Gasteiger partial charge in [-0.05, 0) is 19.3 Å². The number of carbonyl (C=O) groups excluding carboxylic acids is 1. The van der Waals surface area contributed by atoms with Crippen LogP contribution in [0, 0.1) is 0 Å². The average Bonchev–Trinajstić information content (AvgIpc) is 2.85. The molecule has 0 atom stereocenters. The number of hydrogen-bond donors (Lipinski definition) is 1. The number of sulfonamides is 1. The molecule has 1 saturated carbocycles. The van der Waals surface area contributed by atoms with Gasteiger partial charge in [-0.3, -0.25) is 9.52 Å². The van der Waals surface area contributed by atoms with Crippen molar-refractivity contribution < 1.29 is 13.2 Å². The smallest absolute Gasteiger partial charge is 0.240 e. The van der Waals surface area contributed by atoms with E-state index in [0.29, 0.717) is 24.8 Å². The van der Waals surface area contributed by atoms with Gasteiger partial charge >= 0.3 is 0 Å². The number of hydrogen-bond acceptors (Lipinski definition) is 3. The molecule has 1 N–H and O–H groups in total. The maximum atomic E-state index is 11.5. The van der Waals surface area contributed by atoms with Crippen LogP contribution in [0.4, 0.5) is 0 Å². The summed E-state index contributed by atoms with van der Waals surface area (Å²) in [6, 6.07) is 0. The van der Waals surface area contributed by atoms with Crippen molar-refractivity contribution in [3.05, 3.63) is 24.8 Å². The Kier molecular flexibility index (Phi) is 2.80. The van der Waals surface area contributed by atoms with Crippen LogP contribution in [0.25, 0.3) is 0 Å². The molecule has 0 bridgehead atoms. The minimum absolute atomic E-state index is 0.200. The molecule has 0 aromatic carbocycles. The van der Waals surface area contributed by atoms with Gasteiger partial charge in [0, 0.05) is 0 Å². The van der Waals surface area contributed by atoms with E-state index in [0.717, 1.165) is 0 Å². The van der Waals surface area contributed by atoms with Crippen molar-refractivity contribution in [3.8, 4) is 0 Å². The fourth-order valence-corrected chi connectivity index (χ4v) is 2.75. The molecule has 1 aliphatic carbocycles. The van der Waals surface area contributed by atoms with Crippen LogP contribution in [0.1, 0.15) is 19.3 Å². The molecular weight excluding hydrogens is 202 g/mol. The molecule has 0 aromatic rings. The monoisotopic (exact) mass is 215 g/mol. The summed E-state index contributed by atoms with van der Waals surface area (Å²) in [7, 11) is -3.53. The van der Waals surface area contributed by atoms with Crippen LogP contribution in [0.15, 0.2) is 24.8 Å². The Morgan fingerprint density at radius 3 is 2.43 bits per heavy atom. The molecule has 4 nitrogen and oxygen atoms in total. The van der Waals surface area contributed by atoms with Gasteiger partial charge in [0.15, 0.2) is 0 Å². The summed E-state index contributed by atoms with van der Waals surface area (Å²) in [5.41, 5.74) is 0.679. The van der Waals surface area contributed by atoms with Gasteiger partial charge in [0.25, 0.3) is 0 Å². The zero-order valence-corrected chi connectivity index (χ0v) is 8.64. The quantitative estimate of drug-likeness (QED) is 0.524. The molecule has 5 heteroatoms. The Hall–Kier alpha value is -1.10. The van der Waals surface area contributed by atoms with Crippen LogP contribution in [-0.2, 0) is 14.8 Å². The van der Waals surface area contributed by atoms with E-state index in [1.54, 1.807) is 0 Å². The summed E-state index contributed by atoms with van der Waals surface area (Å²) in [6.45, 7) is 7.19. The summed E-state index contributed by atoms with van der Waals surface area (Å²) >= 11 is 0. The first kappa shape index (κ1) is 11.0. The zero-order chi connectivity index (χ0) is 10.8. The molecule has 1 aliphatic rings. The van der Waals surface area contributed by atoms with E-state index in [9.17, 15) is 13.2 Å². The van der Waals surface area contributed by atoms with Crippen molar-refractivity contribution in [1.82, 2.24) is 4.72 Å². The van der Waals surface area contributed by atoms with Crippen LogP contribution in [0.3, 0.4) is 0 Å². The second-order valence-corrected chi connectivity index (χ2v) is 5.57. The number of carbonyl (C=O) groups is 1. The summed E-state index contributed by atoms with van der Waals surface area (Å²) in [6.07, 6.45) is 3.23. The summed E-state index contributed by atoms with van der Waals surface area (Å²) in [5.74, 6) is 0. The van der Waals surface area contributed by atoms with E-state index < -0.39 is 14.8 Å². The highest BCUT2D eigenvalue weighted by atomic mass is 32.2. The molecular formula is C9H13NO3S. The second-order valence-electron chi connectivity index (χ2n) is 3.46. The van der Waals surface area contributed by atoms with Gasteiger partial charge in [-0.2, -0.15) is 0 Å². The molecule has 0 unspecified atom stereocenters. The van der Waals surface area contributed by atoms with Gasteiger partial charge in [-0.1, -0.05) is 24.8 Å². The van der Waals surface area contributed by atoms with Gasteiger partial charge < -0.3 is 0 Å². The summed E-state index contributed by atoms with van der Waals surface area (Å²) in [4.78, 5) is 10.1. The Bertz CT molecular complexity index is 366. The van der Waals surface area contributed by atoms with E-state index >= 15 is 0 Å². The van der Waals surface area contributed by atoms with E-state index in [2.05, 4.69) is 13.2 Å². The molecule has 14 heavy (non-hydrogen) atoms. The Morgan fingerprint density at radius 2 is 2.07 bits per heavy atom. The second kappa shape index (κ2) is 3.57. The highest BCUT2D eigenvalue weighted by Crippen LogP contribution is 2.47. The summed E-state index contributed by atoms with van der Waals surface area (Å²) in [5, 5.41) is 0. The van der Waals surface area contributed by atoms with E-state index in [1.807, 2.05) is 4.72 Å². The highest BCUT2D eigenvalue weighted by molar-refractivity contribution is 7.91. The molecule has 0 spiro atoms. The molecule has 0 heterocycles. The zero-order valence-electron chi connectivity index (χ0n) is 7.82.